The number of ether oxygens (including phenoxy) is 2. The molecule has 0 bridgehead atoms. The van der Waals surface area contributed by atoms with Crippen LogP contribution in [0.4, 0.5) is 0 Å². The van der Waals surface area contributed by atoms with E-state index in [-0.39, 0.29) is 5.91 Å². The van der Waals surface area contributed by atoms with E-state index < -0.39 is 0 Å². The molecule has 2 aromatic rings. The predicted molar refractivity (Wildman–Crippen MR) is 99.0 cm³/mol. The van der Waals surface area contributed by atoms with Gasteiger partial charge in [-0.1, -0.05) is 36.4 Å². The van der Waals surface area contributed by atoms with Gasteiger partial charge in [0, 0.05) is 13.1 Å². The molecule has 0 fully saturated rings. The van der Waals surface area contributed by atoms with Crippen LogP contribution in [0, 0.1) is 6.92 Å². The van der Waals surface area contributed by atoms with E-state index in [0.29, 0.717) is 37.7 Å². The van der Waals surface area contributed by atoms with Crippen molar-refractivity contribution in [2.45, 2.75) is 13.5 Å². The van der Waals surface area contributed by atoms with Gasteiger partial charge in [-0.15, -0.1) is 0 Å². The normalized spacial score (nSPS) is 10.6. The SMILES string of the molecule is COc1ccccc1OCCN(C)CC(=O)NCc1ccccc1C. The standard InChI is InChI=1S/C20H26N2O3/c1-16-8-4-5-9-17(16)14-21-20(23)15-22(2)12-13-25-19-11-7-6-10-18(19)24-3/h4-11H,12-15H2,1-3H3,(H,21,23). The molecule has 134 valence electrons. The Labute approximate surface area is 149 Å². The summed E-state index contributed by atoms with van der Waals surface area (Å²) in [5, 5.41) is 2.96. The summed E-state index contributed by atoms with van der Waals surface area (Å²) in [6, 6.07) is 15.6. The number of aryl methyl sites for hydroxylation is 1. The number of hydrogen-bond donors (Lipinski definition) is 1. The van der Waals surface area contributed by atoms with Crippen molar-refractivity contribution < 1.29 is 14.3 Å². The molecule has 0 heterocycles. The van der Waals surface area contributed by atoms with Crippen molar-refractivity contribution >= 4 is 5.91 Å². The molecule has 0 radical (unpaired) electrons. The highest BCUT2D eigenvalue weighted by molar-refractivity contribution is 5.78. The summed E-state index contributed by atoms with van der Waals surface area (Å²) in [7, 11) is 3.52. The van der Waals surface area contributed by atoms with Gasteiger partial charge in [-0.3, -0.25) is 9.69 Å². The number of para-hydroxylation sites is 2. The van der Waals surface area contributed by atoms with Gasteiger partial charge >= 0.3 is 0 Å². The lowest BCUT2D eigenvalue weighted by Crippen LogP contribution is -2.36. The molecule has 1 N–H and O–H groups in total. The fourth-order valence-corrected chi connectivity index (χ4v) is 2.43. The fraction of sp³-hybridized carbons (Fsp3) is 0.350. The number of carbonyl (C=O) groups excluding carboxylic acids is 1. The molecule has 0 aliphatic heterocycles. The molecule has 0 saturated carbocycles. The molecule has 2 rings (SSSR count). The van der Waals surface area contributed by atoms with Crippen molar-refractivity contribution in [3.63, 3.8) is 0 Å². The van der Waals surface area contributed by atoms with Gasteiger partial charge in [0.2, 0.25) is 5.91 Å². The molecule has 0 atom stereocenters. The molecule has 0 aliphatic carbocycles. The molecule has 0 saturated heterocycles. The Hall–Kier alpha value is -2.53. The Morgan fingerprint density at radius 2 is 1.76 bits per heavy atom. The lowest BCUT2D eigenvalue weighted by atomic mass is 10.1. The highest BCUT2D eigenvalue weighted by atomic mass is 16.5. The summed E-state index contributed by atoms with van der Waals surface area (Å²) in [6.07, 6.45) is 0. The lowest BCUT2D eigenvalue weighted by Gasteiger charge is -2.17. The summed E-state index contributed by atoms with van der Waals surface area (Å²) in [5.41, 5.74) is 2.32. The average molecular weight is 342 g/mol. The maximum absolute atomic E-state index is 12.1. The van der Waals surface area contributed by atoms with Gasteiger partial charge in [0.05, 0.1) is 13.7 Å². The van der Waals surface area contributed by atoms with Crippen molar-refractivity contribution in [3.05, 3.63) is 59.7 Å². The van der Waals surface area contributed by atoms with Crippen molar-refractivity contribution in [3.8, 4) is 11.5 Å². The number of carbonyl (C=O) groups is 1. The van der Waals surface area contributed by atoms with Crippen LogP contribution in [0.15, 0.2) is 48.5 Å². The van der Waals surface area contributed by atoms with Crippen molar-refractivity contribution in [1.82, 2.24) is 10.2 Å². The third kappa shape index (κ3) is 6.12. The highest BCUT2D eigenvalue weighted by Gasteiger charge is 2.08. The number of rotatable bonds is 9. The van der Waals surface area contributed by atoms with Gasteiger partial charge in [-0.05, 0) is 37.2 Å². The van der Waals surface area contributed by atoms with Gasteiger partial charge in [0.15, 0.2) is 11.5 Å². The molecular formula is C20H26N2O3. The maximum atomic E-state index is 12.1. The van der Waals surface area contributed by atoms with Crippen LogP contribution < -0.4 is 14.8 Å². The molecule has 1 amide bonds. The third-order valence-corrected chi connectivity index (χ3v) is 3.95. The number of amides is 1. The van der Waals surface area contributed by atoms with Crippen LogP contribution >= 0.6 is 0 Å². The Balaban J connectivity index is 1.70. The summed E-state index contributed by atoms with van der Waals surface area (Å²) >= 11 is 0. The third-order valence-electron chi connectivity index (χ3n) is 3.95. The molecular weight excluding hydrogens is 316 g/mol. The zero-order valence-corrected chi connectivity index (χ0v) is 15.1. The van der Waals surface area contributed by atoms with Crippen molar-refractivity contribution in [2.75, 3.05) is 33.9 Å². The number of hydrogen-bond acceptors (Lipinski definition) is 4. The molecule has 0 unspecified atom stereocenters. The van der Waals surface area contributed by atoms with Gasteiger partial charge in [-0.2, -0.15) is 0 Å². The van der Waals surface area contributed by atoms with Crippen molar-refractivity contribution in [2.24, 2.45) is 0 Å². The lowest BCUT2D eigenvalue weighted by molar-refractivity contribution is -0.122. The second kappa shape index (κ2) is 9.69. The van der Waals surface area contributed by atoms with Gasteiger partial charge in [0.25, 0.3) is 0 Å². The largest absolute Gasteiger partial charge is 0.493 e. The number of nitrogens with one attached hydrogen (secondary N) is 1. The topological polar surface area (TPSA) is 50.8 Å². The van der Waals surface area contributed by atoms with Crippen LogP contribution in [0.25, 0.3) is 0 Å². The van der Waals surface area contributed by atoms with Crippen LogP contribution in [0.2, 0.25) is 0 Å². The van der Waals surface area contributed by atoms with E-state index in [9.17, 15) is 4.79 Å². The summed E-state index contributed by atoms with van der Waals surface area (Å²) in [4.78, 5) is 14.0. The molecule has 5 heteroatoms. The van der Waals surface area contributed by atoms with Gasteiger partial charge in [0.1, 0.15) is 6.61 Å². The molecule has 0 aliphatic rings. The Kier molecular flexibility index (Phi) is 7.29. The van der Waals surface area contributed by atoms with Crippen LogP contribution in [-0.2, 0) is 11.3 Å². The maximum Gasteiger partial charge on any atom is 0.234 e. The fourth-order valence-electron chi connectivity index (χ4n) is 2.43. The predicted octanol–water partition coefficient (Wildman–Crippen LogP) is 2.63. The van der Waals surface area contributed by atoms with E-state index in [4.69, 9.17) is 9.47 Å². The zero-order valence-electron chi connectivity index (χ0n) is 15.1. The zero-order chi connectivity index (χ0) is 18.1. The summed E-state index contributed by atoms with van der Waals surface area (Å²) in [5.74, 6) is 1.42. The smallest absolute Gasteiger partial charge is 0.234 e. The van der Waals surface area contributed by atoms with Crippen LogP contribution in [-0.4, -0.2) is 44.7 Å². The Morgan fingerprint density at radius 1 is 1.08 bits per heavy atom. The first-order chi connectivity index (χ1) is 12.1. The van der Waals surface area contributed by atoms with E-state index in [1.54, 1.807) is 7.11 Å². The first-order valence-electron chi connectivity index (χ1n) is 8.35. The molecule has 0 aromatic heterocycles. The van der Waals surface area contributed by atoms with Crippen LogP contribution in [0.5, 0.6) is 11.5 Å². The first-order valence-corrected chi connectivity index (χ1v) is 8.35. The van der Waals surface area contributed by atoms with Crippen LogP contribution in [0.1, 0.15) is 11.1 Å². The molecule has 25 heavy (non-hydrogen) atoms. The minimum Gasteiger partial charge on any atom is -0.493 e. The van der Waals surface area contributed by atoms with Crippen molar-refractivity contribution in [1.29, 1.82) is 0 Å². The Bertz CT molecular complexity index is 688. The summed E-state index contributed by atoms with van der Waals surface area (Å²) < 4.78 is 11.0. The molecule has 2 aromatic carbocycles. The number of likely N-dealkylation sites (N-methyl/N-ethyl adjacent to an activating group) is 1. The monoisotopic (exact) mass is 342 g/mol. The first kappa shape index (κ1) is 18.8. The number of benzene rings is 2. The van der Waals surface area contributed by atoms with E-state index >= 15 is 0 Å². The van der Waals surface area contributed by atoms with E-state index in [1.165, 1.54) is 5.56 Å². The van der Waals surface area contributed by atoms with Gasteiger partial charge in [-0.25, -0.2) is 0 Å². The van der Waals surface area contributed by atoms with Gasteiger partial charge < -0.3 is 14.8 Å². The minimum absolute atomic E-state index is 0.00282. The Morgan fingerprint density at radius 3 is 2.48 bits per heavy atom. The average Bonchev–Trinajstić information content (AvgIpc) is 2.61. The minimum atomic E-state index is 0.00282. The quantitative estimate of drug-likeness (QED) is 0.761. The number of nitrogens with zero attached hydrogens (tertiary/aromatic N) is 1. The second-order valence-corrected chi connectivity index (χ2v) is 5.94. The van der Waals surface area contributed by atoms with E-state index in [0.717, 1.165) is 5.56 Å². The van der Waals surface area contributed by atoms with Crippen LogP contribution in [0.3, 0.4) is 0 Å². The highest BCUT2D eigenvalue weighted by Crippen LogP contribution is 2.25. The number of methoxy groups -OCH3 is 1. The second-order valence-electron chi connectivity index (χ2n) is 5.94. The van der Waals surface area contributed by atoms with E-state index in [2.05, 4.69) is 5.32 Å². The van der Waals surface area contributed by atoms with E-state index in [1.807, 2.05) is 67.4 Å². The summed E-state index contributed by atoms with van der Waals surface area (Å²) in [6.45, 7) is 4.07. The molecule has 0 spiro atoms. The molecule has 5 nitrogen and oxygen atoms in total.